The van der Waals surface area contributed by atoms with Crippen LogP contribution >= 0.6 is 11.6 Å². The number of nitrogens with one attached hydrogen (secondary N) is 1. The quantitative estimate of drug-likeness (QED) is 0.618. The highest BCUT2D eigenvalue weighted by Gasteiger charge is 2.31. The van der Waals surface area contributed by atoms with E-state index < -0.39 is 11.0 Å². The van der Waals surface area contributed by atoms with Crippen LogP contribution in [0.15, 0.2) is 59.6 Å². The molecule has 1 fully saturated rings. The lowest BCUT2D eigenvalue weighted by atomic mass is 10.0. The fraction of sp³-hybridized carbons (Fsp3) is 0.333. The number of hydrogen-bond donors (Lipinski definition) is 1. The van der Waals surface area contributed by atoms with Gasteiger partial charge in [-0.2, -0.15) is 0 Å². The largest absolute Gasteiger partial charge is 0.378 e. The number of anilines is 1. The van der Waals surface area contributed by atoms with E-state index in [1.54, 1.807) is 6.07 Å². The first-order valence-electron chi connectivity index (χ1n) is 10.7. The van der Waals surface area contributed by atoms with E-state index in [1.807, 2.05) is 29.2 Å². The molecule has 0 radical (unpaired) electrons. The Morgan fingerprint density at radius 2 is 1.94 bits per heavy atom. The molecule has 1 N–H and O–H groups in total. The average molecular weight is 456 g/mol. The predicted molar refractivity (Wildman–Crippen MR) is 126 cm³/mol. The molecule has 3 aromatic rings. The monoisotopic (exact) mass is 455 g/mol. The van der Waals surface area contributed by atoms with Crippen molar-refractivity contribution in [1.82, 2.24) is 9.29 Å². The number of fused-ring (bicyclic) bond motifs is 1. The van der Waals surface area contributed by atoms with Crippen LogP contribution in [-0.2, 0) is 22.1 Å². The molecule has 2 aromatic carbocycles. The fourth-order valence-electron chi connectivity index (χ4n) is 4.70. The van der Waals surface area contributed by atoms with Gasteiger partial charge in [-0.05, 0) is 55.3 Å². The van der Waals surface area contributed by atoms with Gasteiger partial charge < -0.3 is 15.0 Å². The molecule has 2 atom stereocenters. The fourth-order valence-corrected chi connectivity index (χ4v) is 6.19. The molecule has 2 aliphatic rings. The van der Waals surface area contributed by atoms with Gasteiger partial charge in [0.25, 0.3) is 0 Å². The summed E-state index contributed by atoms with van der Waals surface area (Å²) in [6.07, 6.45) is 4.10. The molecule has 7 heteroatoms. The standard InChI is InChI=1S/C24H26ClN3O2S/c1-26-22-10-9-19-21(22)16-28(31(29)18-6-4-5-17(25)15-18)24(19)20-7-2-3-8-23(20)27-11-13-30-14-12-27/h2-8,15-16,22,26H,9-14H2,1H3. The van der Waals surface area contributed by atoms with Crippen molar-refractivity contribution in [1.29, 1.82) is 0 Å². The summed E-state index contributed by atoms with van der Waals surface area (Å²) in [6, 6.07) is 16.1. The molecule has 0 saturated carbocycles. The summed E-state index contributed by atoms with van der Waals surface area (Å²) in [7, 11) is 0.597. The molecule has 1 aliphatic carbocycles. The van der Waals surface area contributed by atoms with Crippen molar-refractivity contribution < 1.29 is 8.95 Å². The van der Waals surface area contributed by atoms with E-state index in [4.69, 9.17) is 16.3 Å². The Kier molecular flexibility index (Phi) is 5.89. The summed E-state index contributed by atoms with van der Waals surface area (Å²) in [6.45, 7) is 3.17. The summed E-state index contributed by atoms with van der Waals surface area (Å²) in [5.41, 5.74) is 5.87. The molecule has 0 bridgehead atoms. The van der Waals surface area contributed by atoms with Gasteiger partial charge in [0.1, 0.15) is 0 Å². The molecule has 31 heavy (non-hydrogen) atoms. The van der Waals surface area contributed by atoms with Crippen molar-refractivity contribution in [3.05, 3.63) is 70.9 Å². The number of para-hydroxylation sites is 1. The van der Waals surface area contributed by atoms with Crippen molar-refractivity contribution in [2.24, 2.45) is 0 Å². The maximum absolute atomic E-state index is 13.7. The lowest BCUT2D eigenvalue weighted by Crippen LogP contribution is -2.36. The van der Waals surface area contributed by atoms with Crippen LogP contribution in [0.25, 0.3) is 11.3 Å². The van der Waals surface area contributed by atoms with Crippen LogP contribution in [0.3, 0.4) is 0 Å². The van der Waals surface area contributed by atoms with E-state index in [1.165, 1.54) is 16.8 Å². The molecule has 0 spiro atoms. The summed E-state index contributed by atoms with van der Waals surface area (Å²) < 4.78 is 21.3. The van der Waals surface area contributed by atoms with Crippen LogP contribution in [0.4, 0.5) is 5.69 Å². The van der Waals surface area contributed by atoms with E-state index in [0.717, 1.165) is 50.4 Å². The van der Waals surface area contributed by atoms with Crippen molar-refractivity contribution in [2.75, 3.05) is 38.3 Å². The Labute approximate surface area is 190 Å². The summed E-state index contributed by atoms with van der Waals surface area (Å²) in [5.74, 6) is 0. The maximum Gasteiger partial charge on any atom is 0.157 e. The molecule has 2 unspecified atom stereocenters. The third-order valence-electron chi connectivity index (χ3n) is 6.21. The number of rotatable bonds is 5. The van der Waals surface area contributed by atoms with E-state index in [9.17, 15) is 4.21 Å². The van der Waals surface area contributed by atoms with Crippen molar-refractivity contribution in [3.8, 4) is 11.3 Å². The van der Waals surface area contributed by atoms with Crippen LogP contribution in [0.5, 0.6) is 0 Å². The summed E-state index contributed by atoms with van der Waals surface area (Å²) in [5, 5.41) is 4.01. The molecule has 1 aromatic heterocycles. The zero-order valence-electron chi connectivity index (χ0n) is 17.5. The van der Waals surface area contributed by atoms with Gasteiger partial charge in [0.15, 0.2) is 11.0 Å². The van der Waals surface area contributed by atoms with E-state index in [-0.39, 0.29) is 6.04 Å². The normalized spacial score (nSPS) is 19.4. The average Bonchev–Trinajstić information content (AvgIpc) is 3.38. The number of hydrogen-bond acceptors (Lipinski definition) is 4. The van der Waals surface area contributed by atoms with Crippen molar-refractivity contribution in [2.45, 2.75) is 23.8 Å². The smallest absolute Gasteiger partial charge is 0.157 e. The van der Waals surface area contributed by atoms with Gasteiger partial charge in [0, 0.05) is 41.6 Å². The Morgan fingerprint density at radius 3 is 2.71 bits per heavy atom. The third-order valence-corrected chi connectivity index (χ3v) is 7.74. The third kappa shape index (κ3) is 3.82. The Balaban J connectivity index is 1.68. The first-order valence-corrected chi connectivity index (χ1v) is 12.2. The number of morpholine rings is 1. The van der Waals surface area contributed by atoms with Crippen LogP contribution < -0.4 is 10.2 Å². The molecule has 0 amide bonds. The van der Waals surface area contributed by atoms with Gasteiger partial charge in [0.2, 0.25) is 0 Å². The first-order chi connectivity index (χ1) is 15.2. The van der Waals surface area contributed by atoms with Gasteiger partial charge in [-0.1, -0.05) is 35.9 Å². The molecular formula is C24H26ClN3O2S. The zero-order chi connectivity index (χ0) is 21.4. The molecule has 1 saturated heterocycles. The Hall–Kier alpha value is -2.12. The van der Waals surface area contributed by atoms with Crippen LogP contribution in [0.1, 0.15) is 23.6 Å². The molecule has 5 rings (SSSR count). The molecule has 5 nitrogen and oxygen atoms in total. The second-order valence-electron chi connectivity index (χ2n) is 7.94. The molecule has 2 heterocycles. The van der Waals surface area contributed by atoms with Crippen molar-refractivity contribution in [3.63, 3.8) is 0 Å². The zero-order valence-corrected chi connectivity index (χ0v) is 19.1. The van der Waals surface area contributed by atoms with Crippen LogP contribution in [-0.4, -0.2) is 41.5 Å². The second-order valence-corrected chi connectivity index (χ2v) is 9.74. The highest BCUT2D eigenvalue weighted by molar-refractivity contribution is 7.83. The van der Waals surface area contributed by atoms with Gasteiger partial charge in [-0.25, -0.2) is 4.21 Å². The number of halogens is 1. The SMILES string of the molecule is CNC1CCc2c1cn(S(=O)c1cccc(Cl)c1)c2-c1ccccc1N1CCOCC1. The van der Waals surface area contributed by atoms with E-state index in [2.05, 4.69) is 40.7 Å². The van der Waals surface area contributed by atoms with Crippen molar-refractivity contribution >= 4 is 28.3 Å². The topological polar surface area (TPSA) is 46.5 Å². The summed E-state index contributed by atoms with van der Waals surface area (Å²) >= 11 is 6.21. The van der Waals surface area contributed by atoms with Gasteiger partial charge >= 0.3 is 0 Å². The maximum atomic E-state index is 13.7. The minimum absolute atomic E-state index is 0.280. The van der Waals surface area contributed by atoms with Gasteiger partial charge in [-0.15, -0.1) is 0 Å². The molecule has 1 aliphatic heterocycles. The number of nitrogens with zero attached hydrogens (tertiary/aromatic N) is 2. The molecular weight excluding hydrogens is 430 g/mol. The predicted octanol–water partition coefficient (Wildman–Crippen LogP) is 4.42. The number of aromatic nitrogens is 1. The minimum atomic E-state index is -1.40. The lowest BCUT2D eigenvalue weighted by Gasteiger charge is -2.31. The van der Waals surface area contributed by atoms with E-state index >= 15 is 0 Å². The number of benzene rings is 2. The van der Waals surface area contributed by atoms with Gasteiger partial charge in [0.05, 0.1) is 23.8 Å². The highest BCUT2D eigenvalue weighted by atomic mass is 35.5. The first kappa shape index (κ1) is 20.8. The summed E-state index contributed by atoms with van der Waals surface area (Å²) in [4.78, 5) is 3.07. The number of ether oxygens (including phenoxy) is 1. The van der Waals surface area contributed by atoms with Gasteiger partial charge in [-0.3, -0.25) is 3.97 Å². The second kappa shape index (κ2) is 8.79. The Morgan fingerprint density at radius 1 is 1.13 bits per heavy atom. The van der Waals surface area contributed by atoms with Crippen LogP contribution in [0, 0.1) is 0 Å². The Bertz CT molecular complexity index is 1120. The highest BCUT2D eigenvalue weighted by Crippen LogP contribution is 2.43. The lowest BCUT2D eigenvalue weighted by molar-refractivity contribution is 0.123. The molecule has 162 valence electrons. The van der Waals surface area contributed by atoms with E-state index in [0.29, 0.717) is 9.92 Å². The van der Waals surface area contributed by atoms with Crippen LogP contribution in [0.2, 0.25) is 5.02 Å². The minimum Gasteiger partial charge on any atom is -0.378 e.